The molecule has 0 aliphatic heterocycles. The van der Waals surface area contributed by atoms with E-state index in [1.54, 1.807) is 24.3 Å². The van der Waals surface area contributed by atoms with Gasteiger partial charge in [0.05, 0.1) is 16.1 Å². The van der Waals surface area contributed by atoms with Crippen molar-refractivity contribution in [3.05, 3.63) is 83.9 Å². The van der Waals surface area contributed by atoms with Crippen LogP contribution in [0.3, 0.4) is 0 Å². The van der Waals surface area contributed by atoms with Gasteiger partial charge in [0, 0.05) is 48.9 Å². The minimum absolute atomic E-state index is 0.162. The number of hydrogen-bond acceptors (Lipinski definition) is 4. The molecule has 0 spiro atoms. The first-order valence-electron chi connectivity index (χ1n) is 14.1. The van der Waals surface area contributed by atoms with Crippen LogP contribution in [0.2, 0.25) is 38.3 Å². The van der Waals surface area contributed by atoms with Crippen molar-refractivity contribution in [2.45, 2.75) is 52.1 Å². The highest BCUT2D eigenvalue weighted by Crippen LogP contribution is 2.17. The van der Waals surface area contributed by atoms with Crippen LogP contribution in [0.4, 0.5) is 11.4 Å². The van der Waals surface area contributed by atoms with Crippen molar-refractivity contribution in [1.82, 2.24) is 0 Å². The molecule has 3 aromatic rings. The van der Waals surface area contributed by atoms with Gasteiger partial charge in [0.2, 0.25) is 0 Å². The van der Waals surface area contributed by atoms with Gasteiger partial charge in [0.15, 0.2) is 0 Å². The molecule has 0 saturated carbocycles. The molecule has 0 heterocycles. The van der Waals surface area contributed by atoms with Crippen LogP contribution in [0.25, 0.3) is 0 Å². The number of carbonyl (C=O) groups excluding carboxylic acids is 2. The third-order valence-corrected chi connectivity index (χ3v) is 14.1. The quantitative estimate of drug-likeness (QED) is 0.180. The molecule has 2 amide bonds. The summed E-state index contributed by atoms with van der Waals surface area (Å²) in [5.74, 6) is -0.324. The Morgan fingerprint density at radius 2 is 0.900 bits per heavy atom. The summed E-state index contributed by atoms with van der Waals surface area (Å²) < 4.78 is 11.1. The van der Waals surface area contributed by atoms with Gasteiger partial charge in [-0.05, 0) is 74.5 Å². The van der Waals surface area contributed by atoms with E-state index in [0.29, 0.717) is 22.5 Å². The molecule has 40 heavy (non-hydrogen) atoms. The van der Waals surface area contributed by atoms with Crippen molar-refractivity contribution in [2.24, 2.45) is 0 Å². The Kier molecular flexibility index (Phi) is 11.4. The SMILES string of the molecule is CCOCC[Si](C)(C)c1ccc(C(=O)Nc2ccc(NC(=O)c3ccc([Si](C)(C)CCOCC)cc3)cc2)cc1. The third kappa shape index (κ3) is 8.99. The second-order valence-electron chi connectivity index (χ2n) is 11.3. The smallest absolute Gasteiger partial charge is 0.255 e. The summed E-state index contributed by atoms with van der Waals surface area (Å²) >= 11 is 0. The van der Waals surface area contributed by atoms with Crippen LogP contribution < -0.4 is 21.0 Å². The van der Waals surface area contributed by atoms with Gasteiger partial charge in [0.1, 0.15) is 0 Å². The van der Waals surface area contributed by atoms with Crippen LogP contribution in [0.5, 0.6) is 0 Å². The molecule has 3 rings (SSSR count). The summed E-state index contributed by atoms with van der Waals surface area (Å²) in [6.45, 7) is 16.3. The maximum absolute atomic E-state index is 12.8. The topological polar surface area (TPSA) is 76.7 Å². The number of hydrogen-bond donors (Lipinski definition) is 2. The van der Waals surface area contributed by atoms with Gasteiger partial charge < -0.3 is 20.1 Å². The average Bonchev–Trinajstić information content (AvgIpc) is 2.94. The van der Waals surface area contributed by atoms with Crippen molar-refractivity contribution < 1.29 is 19.1 Å². The van der Waals surface area contributed by atoms with E-state index in [9.17, 15) is 9.59 Å². The Bertz CT molecular complexity index is 1140. The number of carbonyl (C=O) groups is 2. The summed E-state index contributed by atoms with van der Waals surface area (Å²) in [5, 5.41) is 8.51. The van der Waals surface area contributed by atoms with E-state index in [1.165, 1.54) is 10.4 Å². The second kappa shape index (κ2) is 14.5. The zero-order valence-electron chi connectivity index (χ0n) is 24.8. The molecule has 0 atom stereocenters. The van der Waals surface area contributed by atoms with E-state index in [2.05, 4.69) is 61.1 Å². The van der Waals surface area contributed by atoms with E-state index in [4.69, 9.17) is 9.47 Å². The van der Waals surface area contributed by atoms with Crippen LogP contribution in [0.15, 0.2) is 72.8 Å². The molecule has 0 radical (unpaired) electrons. The minimum atomic E-state index is -1.61. The zero-order chi connectivity index (χ0) is 29.2. The lowest BCUT2D eigenvalue weighted by Crippen LogP contribution is -2.42. The van der Waals surface area contributed by atoms with Crippen molar-refractivity contribution in [3.63, 3.8) is 0 Å². The summed E-state index contributed by atoms with van der Waals surface area (Å²) in [7, 11) is -3.21. The zero-order valence-corrected chi connectivity index (χ0v) is 26.8. The van der Waals surface area contributed by atoms with E-state index in [0.717, 1.165) is 38.5 Å². The molecular formula is C32H44N2O4Si2. The minimum Gasteiger partial charge on any atom is -0.382 e. The molecule has 0 aromatic heterocycles. The molecular weight excluding hydrogens is 533 g/mol. The van der Waals surface area contributed by atoms with Crippen molar-refractivity contribution >= 4 is 49.7 Å². The van der Waals surface area contributed by atoms with Crippen molar-refractivity contribution in [2.75, 3.05) is 37.1 Å². The van der Waals surface area contributed by atoms with Crippen molar-refractivity contribution in [3.8, 4) is 0 Å². The molecule has 6 nitrogen and oxygen atoms in total. The third-order valence-electron chi connectivity index (χ3n) is 7.41. The van der Waals surface area contributed by atoms with Crippen LogP contribution >= 0.6 is 0 Å². The number of amides is 2. The molecule has 0 bridgehead atoms. The van der Waals surface area contributed by atoms with Crippen LogP contribution in [0.1, 0.15) is 34.6 Å². The normalized spacial score (nSPS) is 11.8. The standard InChI is InChI=1S/C32H44N2O4Si2/c1-7-37-21-23-39(3,4)29-17-9-25(10-18-29)31(35)33-27-13-15-28(16-14-27)34-32(36)26-11-19-30(20-12-26)40(5,6)24-22-38-8-2/h9-20H,7-8,21-24H2,1-6H3,(H,33,35)(H,34,36). The van der Waals surface area contributed by atoms with Crippen LogP contribution in [-0.4, -0.2) is 54.4 Å². The molecule has 3 aromatic carbocycles. The van der Waals surface area contributed by atoms with Crippen LogP contribution in [-0.2, 0) is 9.47 Å². The molecule has 0 fully saturated rings. The lowest BCUT2D eigenvalue weighted by Gasteiger charge is -2.23. The first kappa shape index (κ1) is 31.5. The second-order valence-corrected chi connectivity index (χ2v) is 21.0. The van der Waals surface area contributed by atoms with Gasteiger partial charge in [-0.15, -0.1) is 0 Å². The Morgan fingerprint density at radius 1 is 0.575 bits per heavy atom. The molecule has 0 aliphatic carbocycles. The Labute approximate surface area is 241 Å². The van der Waals surface area contributed by atoms with E-state index in [-0.39, 0.29) is 11.8 Å². The largest absolute Gasteiger partial charge is 0.382 e. The average molecular weight is 577 g/mol. The highest BCUT2D eigenvalue weighted by atomic mass is 28.3. The number of ether oxygens (including phenoxy) is 2. The van der Waals surface area contributed by atoms with E-state index >= 15 is 0 Å². The van der Waals surface area contributed by atoms with Gasteiger partial charge in [0.25, 0.3) is 11.8 Å². The summed E-state index contributed by atoms with van der Waals surface area (Å²) in [6.07, 6.45) is 0. The Hall–Kier alpha value is -3.05. The fourth-order valence-corrected chi connectivity index (χ4v) is 8.45. The van der Waals surface area contributed by atoms with Gasteiger partial charge in [-0.3, -0.25) is 9.59 Å². The predicted octanol–water partition coefficient (Wildman–Crippen LogP) is 6.10. The van der Waals surface area contributed by atoms with Crippen molar-refractivity contribution in [1.29, 1.82) is 0 Å². The van der Waals surface area contributed by atoms with E-state index in [1.807, 2.05) is 38.1 Å². The fourth-order valence-electron chi connectivity index (χ4n) is 4.42. The fraction of sp³-hybridized carbons (Fsp3) is 0.375. The van der Waals surface area contributed by atoms with Gasteiger partial charge >= 0.3 is 0 Å². The molecule has 8 heteroatoms. The van der Waals surface area contributed by atoms with Crippen LogP contribution in [0, 0.1) is 0 Å². The highest BCUT2D eigenvalue weighted by molar-refractivity contribution is 6.90. The summed E-state index contributed by atoms with van der Waals surface area (Å²) in [4.78, 5) is 25.6. The number of nitrogens with one attached hydrogen (secondary N) is 2. The first-order chi connectivity index (χ1) is 19.1. The molecule has 214 valence electrons. The van der Waals surface area contributed by atoms with Gasteiger partial charge in [-0.1, -0.05) is 60.8 Å². The maximum atomic E-state index is 12.8. The lowest BCUT2D eigenvalue weighted by molar-refractivity contribution is 0.101. The Morgan fingerprint density at radius 3 is 1.20 bits per heavy atom. The Balaban J connectivity index is 1.55. The number of anilines is 2. The van der Waals surface area contributed by atoms with Gasteiger partial charge in [-0.25, -0.2) is 0 Å². The molecule has 0 unspecified atom stereocenters. The predicted molar refractivity (Wildman–Crippen MR) is 172 cm³/mol. The summed E-state index contributed by atoms with van der Waals surface area (Å²) in [5.41, 5.74) is 2.57. The highest BCUT2D eigenvalue weighted by Gasteiger charge is 2.24. The first-order valence-corrected chi connectivity index (χ1v) is 20.6. The van der Waals surface area contributed by atoms with Gasteiger partial charge in [-0.2, -0.15) is 0 Å². The molecule has 0 aliphatic rings. The summed E-state index contributed by atoms with van der Waals surface area (Å²) in [6, 6.07) is 25.1. The maximum Gasteiger partial charge on any atom is 0.255 e. The molecule has 0 saturated heterocycles. The monoisotopic (exact) mass is 576 g/mol. The molecule has 2 N–H and O–H groups in total. The number of rotatable bonds is 14. The lowest BCUT2D eigenvalue weighted by atomic mass is 10.2. The number of benzene rings is 3. The van der Waals surface area contributed by atoms with E-state index < -0.39 is 16.1 Å².